The molecule has 0 radical (unpaired) electrons. The Bertz CT molecular complexity index is 5170. The van der Waals surface area contributed by atoms with Gasteiger partial charge in [0.2, 0.25) is 0 Å². The van der Waals surface area contributed by atoms with Crippen molar-refractivity contribution in [2.24, 2.45) is 0 Å². The Kier molecular flexibility index (Phi) is 52.3. The summed E-state index contributed by atoms with van der Waals surface area (Å²) in [5.74, 6) is 5.43. The number of halogens is 9. The van der Waals surface area contributed by atoms with Crippen molar-refractivity contribution >= 4 is 245 Å². The predicted molar refractivity (Wildman–Crippen MR) is 533 cm³/mol. The number of Topliss-reactive ketones (excluding diaryl/α,β-unsaturated/α-hetero) is 2. The molecule has 113 heavy (non-hydrogen) atoms. The number of carbonyl (C=O) groups excluding carboxylic acids is 2. The van der Waals surface area contributed by atoms with E-state index in [1.807, 2.05) is 142 Å². The molecule has 1 fully saturated rings. The van der Waals surface area contributed by atoms with E-state index in [2.05, 4.69) is 279 Å². The number of aryl methyl sites for hydroxylation is 2. The summed E-state index contributed by atoms with van der Waals surface area (Å²) in [7, 11) is 0. The van der Waals surface area contributed by atoms with Crippen molar-refractivity contribution in [1.82, 2.24) is 53.5 Å². The Labute approximate surface area is 772 Å². The first-order valence-electron chi connectivity index (χ1n) is 34.7. The molecule has 28 heteroatoms. The number of fused-ring (bicyclic) bond motifs is 4. The van der Waals surface area contributed by atoms with E-state index in [4.69, 9.17) is 38.9 Å². The molecule has 0 spiro atoms. The van der Waals surface area contributed by atoms with Gasteiger partial charge in [0.05, 0.1) is 116 Å². The Morgan fingerprint density at radius 2 is 0.956 bits per heavy atom. The number of nitrogens with two attached hydrogens (primary N) is 2. The standard InChI is InChI=1S/C22H22N4O.C17H12ClN3O.C15H11N3.2C8H8N2.C5H5BrN2.C2H4I2.2C2H5I.C2H6.CH4.CH3.3HI.V/c1-16-21(20(27)15-25-12-3-2-4-13-25)22-19(6-5-11-24-22)26(16)18-9-7-17(14-23)8-10-18;1-11-16(15(22)9-18)17-14(3-2-8-20-17)21(11)13-6-4-12(10-19)5-7-13;1-11-9-14-15(3-2-8-17-14)18(11)13-6-4-12(10-16)5-7-13;1-6-5-8-7(10-6)3-2-4-9-8;1-2-4-8-7(9)5-3-6-10-8;6-5-4(7)2-1-3-8-5;1-2(3)4;2*1-2-3;1-2;;;;;;/h5-11H,2-4,12-13,15H2,1H3;2-8H,9H2,1H3;2-9H,1H3;2-5,10H,1H3;3,5-6H,9H2,1H3;1-3H,7H2;2H,1H3;2*2H2,1H3;1-2H3;1H4;1H3;3*1H;/q;;;;;;;;;;;-1;;;;+3/p-3. The van der Waals surface area contributed by atoms with Gasteiger partial charge in [0.15, 0.2) is 11.6 Å². The number of ketones is 2. The Morgan fingerprint density at radius 1 is 0.575 bits per heavy atom. The van der Waals surface area contributed by atoms with Crippen LogP contribution in [-0.4, -0.2) is 101 Å². The van der Waals surface area contributed by atoms with Gasteiger partial charge >= 0.3 is 64.9 Å². The van der Waals surface area contributed by atoms with Gasteiger partial charge < -0.3 is 37.6 Å². The normalized spacial score (nSPS) is 10.6. The van der Waals surface area contributed by atoms with Gasteiger partial charge in [0.25, 0.3) is 0 Å². The first kappa shape index (κ1) is 103. The van der Waals surface area contributed by atoms with Crippen molar-refractivity contribution in [1.29, 1.82) is 15.8 Å². The van der Waals surface area contributed by atoms with Gasteiger partial charge in [-0.3, -0.25) is 34.4 Å². The zero-order chi connectivity index (χ0) is 82.0. The van der Waals surface area contributed by atoms with Crippen molar-refractivity contribution in [3.8, 4) is 47.1 Å². The topological polar surface area (TPSA) is 269 Å². The first-order valence-corrected chi connectivity index (χ1v) is 55.1. The van der Waals surface area contributed by atoms with Crippen molar-refractivity contribution in [2.75, 3.05) is 45.8 Å². The number of hydrogen-bond donors (Lipinski definition) is 3. The van der Waals surface area contributed by atoms with E-state index in [-0.39, 0.29) is 37.2 Å². The molecule has 0 atom stereocenters. The Morgan fingerprint density at radius 3 is 1.35 bits per heavy atom. The molecule has 1 aliphatic heterocycles. The number of likely N-dealkylation sites (tertiary alicyclic amines) is 1. The summed E-state index contributed by atoms with van der Waals surface area (Å²) in [6.45, 7) is 22.5. The number of nitrogen functional groups attached to an aromatic ring is 2. The number of nitriles is 3. The van der Waals surface area contributed by atoms with E-state index in [9.17, 15) is 9.59 Å². The van der Waals surface area contributed by atoms with Crippen LogP contribution in [0.5, 0.6) is 0 Å². The summed E-state index contributed by atoms with van der Waals surface area (Å²) in [6, 6.07) is 55.4. The monoisotopic (exact) mass is 2420 g/mol. The number of benzene rings is 3. The number of alkyl halides is 5. The van der Waals surface area contributed by atoms with E-state index in [0.29, 0.717) is 61.6 Å². The number of pyridine rings is 6. The fourth-order valence-electron chi connectivity index (χ4n) is 11.0. The number of piperidine rings is 1. The predicted octanol–water partition coefficient (Wildman–Crippen LogP) is 24.9. The molecule has 1 saturated heterocycles. The van der Waals surface area contributed by atoms with Crippen LogP contribution in [0.2, 0.25) is 0 Å². The fraction of sp³-hybridized carbons (Fsp3) is 0.247. The summed E-state index contributed by atoms with van der Waals surface area (Å²) in [6.07, 6.45) is 13.9. The number of nitrogens with zero attached hydrogens (tertiary/aromatic N) is 13. The molecule has 3 aromatic carbocycles. The number of aromatic amines is 1. The van der Waals surface area contributed by atoms with Crippen LogP contribution in [-0.2, 0) is 4.92 Å². The molecule has 10 aromatic heterocycles. The van der Waals surface area contributed by atoms with E-state index < -0.39 is 0 Å². The average molecular weight is 2430 g/mol. The molecular formula is C85H93BrClI7N16O2V-. The second-order valence-electron chi connectivity index (χ2n) is 23.0. The van der Waals surface area contributed by atoms with Crippen molar-refractivity contribution in [2.45, 2.75) is 97.9 Å². The summed E-state index contributed by atoms with van der Waals surface area (Å²) >= 11 is 25.5. The quantitative estimate of drug-likeness (QED) is 0.0319. The summed E-state index contributed by atoms with van der Waals surface area (Å²) in [5, 5.41) is 26.8. The van der Waals surface area contributed by atoms with E-state index in [0.717, 1.165) is 106 Å². The van der Waals surface area contributed by atoms with Gasteiger partial charge in [0.1, 0.15) is 10.3 Å². The first-order chi connectivity index (χ1) is 53.4. The van der Waals surface area contributed by atoms with E-state index in [1.54, 1.807) is 92.6 Å². The van der Waals surface area contributed by atoms with Crippen LogP contribution in [0, 0.1) is 81.0 Å². The number of nitrogens with one attached hydrogen (secondary N) is 1. The third-order valence-electron chi connectivity index (χ3n) is 15.3. The fourth-order valence-corrected chi connectivity index (χ4v) is 11.3. The molecule has 14 rings (SSSR count). The summed E-state index contributed by atoms with van der Waals surface area (Å²) < 4.78 is 10.1. The molecule has 594 valence electrons. The van der Waals surface area contributed by atoms with Gasteiger partial charge in [-0.15, -0.1) is 11.6 Å². The Balaban J connectivity index is 0.000000457. The van der Waals surface area contributed by atoms with Crippen LogP contribution >= 0.6 is 178 Å². The summed E-state index contributed by atoms with van der Waals surface area (Å²) in [5.41, 5.74) is 30.3. The zero-order valence-corrected chi connectivity index (χ0v) is 82.9. The molecule has 13 aromatic rings. The molecule has 1 aliphatic rings. The van der Waals surface area contributed by atoms with Crippen molar-refractivity contribution in [3.63, 3.8) is 0 Å². The van der Waals surface area contributed by atoms with Crippen LogP contribution in [0.25, 0.3) is 61.2 Å². The minimum atomic E-state index is -0.278. The maximum absolute atomic E-state index is 13.2. The second kappa shape index (κ2) is 57.2. The number of rotatable bonds is 8. The number of anilines is 2. The van der Waals surface area contributed by atoms with Crippen LogP contribution < -0.4 is 11.5 Å². The number of hydrogen-bond acceptors (Lipinski definition) is 14. The number of H-pyrrole nitrogens is 1. The van der Waals surface area contributed by atoms with Crippen molar-refractivity contribution in [3.05, 3.63) is 263 Å². The molecule has 0 unspecified atom stereocenters. The van der Waals surface area contributed by atoms with Crippen LogP contribution in [0.15, 0.2) is 200 Å². The molecule has 0 saturated carbocycles. The maximum atomic E-state index is 13.2. The van der Waals surface area contributed by atoms with E-state index in [1.165, 1.54) is 15.3 Å². The average Bonchev–Trinajstić information content (AvgIpc) is 1.61. The summed E-state index contributed by atoms with van der Waals surface area (Å²) in [4.78, 5) is 55.7. The third-order valence-corrected chi connectivity index (χ3v) is 16.2. The second-order valence-corrected chi connectivity index (χ2v) is 68.5. The molecule has 18 nitrogen and oxygen atoms in total. The van der Waals surface area contributed by atoms with Gasteiger partial charge in [-0.25, -0.2) is 9.97 Å². The van der Waals surface area contributed by atoms with Crippen LogP contribution in [0.4, 0.5) is 11.4 Å². The number of carbonyl (C=O) groups is 2. The number of aromatic nitrogens is 10. The van der Waals surface area contributed by atoms with Gasteiger partial charge in [-0.05, 0) is 256 Å². The molecular weight excluding hydrogens is 2330 g/mol. The van der Waals surface area contributed by atoms with Crippen LogP contribution in [0.3, 0.4) is 0 Å². The minimum absolute atomic E-state index is 0. The molecule has 0 aliphatic carbocycles. The van der Waals surface area contributed by atoms with E-state index >= 15 is 0 Å². The molecule has 5 N–H and O–H groups in total. The molecule has 0 bridgehead atoms. The zero-order valence-electron chi connectivity index (χ0n) is 64.1. The van der Waals surface area contributed by atoms with Gasteiger partial charge in [-0.2, -0.15) is 15.8 Å². The SMILES string of the molecule is C.CC.CC#Cc1ncccc1N.CC(I)I.CCI.CCI.Cc1c(C(=O)CCl)c2ncccc2n1-c1ccc(C#N)cc1.Cc1c(C(=O)CN2CCCCC2)c2ncccc2n1-c1ccc(C#N)cc1.Cc1cc2ncccc2[nH]1.Cc1cc2ncccc2n1-c1ccc(C#N)cc1.Nc1cccnc1Br.[CH3-].[I][V]([I])[I]. The van der Waals surface area contributed by atoms with Crippen molar-refractivity contribution < 1.29 is 14.5 Å². The third kappa shape index (κ3) is 33.6. The van der Waals surface area contributed by atoms with Gasteiger partial charge in [-0.1, -0.05) is 138 Å². The van der Waals surface area contributed by atoms with Crippen LogP contribution in [0.1, 0.15) is 134 Å². The molecule has 0 amide bonds. The van der Waals surface area contributed by atoms with Gasteiger partial charge in [0, 0.05) is 77.0 Å². The molecule has 11 heterocycles. The Hall–Kier alpha value is -5.89.